The van der Waals surface area contributed by atoms with Gasteiger partial charge in [0, 0.05) is 18.3 Å². The lowest BCUT2D eigenvalue weighted by Gasteiger charge is -2.29. The molecule has 8 heteroatoms. The van der Waals surface area contributed by atoms with Crippen LogP contribution in [0.3, 0.4) is 0 Å². The summed E-state index contributed by atoms with van der Waals surface area (Å²) in [5.74, 6) is -0.842. The van der Waals surface area contributed by atoms with Gasteiger partial charge in [0.1, 0.15) is 12.4 Å². The maximum atomic E-state index is 12.9. The van der Waals surface area contributed by atoms with Crippen LogP contribution in [0.2, 0.25) is 0 Å². The van der Waals surface area contributed by atoms with Crippen molar-refractivity contribution in [1.29, 1.82) is 5.26 Å². The molecule has 1 aliphatic carbocycles. The van der Waals surface area contributed by atoms with E-state index in [2.05, 4.69) is 25.2 Å². The Morgan fingerprint density at radius 1 is 1.13 bits per heavy atom. The van der Waals surface area contributed by atoms with Crippen LogP contribution in [0.15, 0.2) is 23.8 Å². The lowest BCUT2D eigenvalue weighted by molar-refractivity contribution is -0.156. The van der Waals surface area contributed by atoms with Crippen LogP contribution in [-0.2, 0) is 19.1 Å². The molecule has 1 fully saturated rings. The molecule has 0 spiro atoms. The van der Waals surface area contributed by atoms with Crippen LogP contribution in [0.1, 0.15) is 79.1 Å². The summed E-state index contributed by atoms with van der Waals surface area (Å²) in [6.45, 7) is 8.11. The van der Waals surface area contributed by atoms with E-state index in [0.717, 1.165) is 25.7 Å². The number of cyclic esters (lactones) is 1. The number of amides is 1. The van der Waals surface area contributed by atoms with Crippen LogP contribution in [0.5, 0.6) is 0 Å². The van der Waals surface area contributed by atoms with Gasteiger partial charge in [0.25, 0.3) is 0 Å². The molecular weight excluding hydrogens is 484 g/mol. The highest BCUT2D eigenvalue weighted by Gasteiger charge is 2.39. The van der Waals surface area contributed by atoms with Crippen molar-refractivity contribution in [1.82, 2.24) is 5.32 Å². The first-order chi connectivity index (χ1) is 18.1. The molecule has 2 aliphatic rings. The third-order valence-electron chi connectivity index (χ3n) is 8.18. The number of rotatable bonds is 4. The van der Waals surface area contributed by atoms with Crippen molar-refractivity contribution in [2.75, 3.05) is 6.54 Å². The van der Waals surface area contributed by atoms with E-state index in [-0.39, 0.29) is 48.1 Å². The summed E-state index contributed by atoms with van der Waals surface area (Å²) in [4.78, 5) is 36.3. The first-order valence-corrected chi connectivity index (χ1v) is 14.1. The average molecular weight is 531 g/mol. The van der Waals surface area contributed by atoms with Crippen LogP contribution in [0.25, 0.3) is 0 Å². The van der Waals surface area contributed by atoms with Crippen molar-refractivity contribution in [2.24, 2.45) is 35.5 Å². The summed E-state index contributed by atoms with van der Waals surface area (Å²) in [6, 6.07) is 2.12. The van der Waals surface area contributed by atoms with E-state index in [0.29, 0.717) is 37.4 Å². The number of aliphatic hydroxyl groups excluding tert-OH is 2. The molecule has 0 unspecified atom stereocenters. The van der Waals surface area contributed by atoms with E-state index in [4.69, 9.17) is 4.74 Å². The fourth-order valence-electron chi connectivity index (χ4n) is 6.26. The number of aliphatic hydroxyl groups is 2. The molecule has 0 aromatic rings. The molecule has 0 radical (unpaired) electrons. The molecule has 38 heavy (non-hydrogen) atoms. The Bertz CT molecular complexity index is 894. The molecule has 0 aromatic carbocycles. The van der Waals surface area contributed by atoms with Gasteiger partial charge < -0.3 is 25.1 Å². The van der Waals surface area contributed by atoms with Crippen molar-refractivity contribution in [3.63, 3.8) is 0 Å². The predicted molar refractivity (Wildman–Crippen MR) is 144 cm³/mol. The van der Waals surface area contributed by atoms with E-state index < -0.39 is 24.3 Å². The fraction of sp³-hybridized carbons (Fsp3) is 0.733. The van der Waals surface area contributed by atoms with Gasteiger partial charge in [-0.3, -0.25) is 9.59 Å². The van der Waals surface area contributed by atoms with Crippen LogP contribution in [-0.4, -0.2) is 53.2 Å². The summed E-state index contributed by atoms with van der Waals surface area (Å²) in [5.41, 5.74) is 0.285. The third-order valence-corrected chi connectivity index (χ3v) is 8.18. The third kappa shape index (κ3) is 9.67. The molecule has 8 nitrogen and oxygen atoms in total. The largest absolute Gasteiger partial charge is 0.462 e. The SMILES string of the molecule is C[C@@H]1C[C@H](C)C[C@H](C)[C@@H](O)CC(=O)O[C@H]([C@@H]2CCC[C@H]2C(=O)NCC=O)C/C=C/C=C(/C#N)[C@H](O)[C@@H](C)C1. The smallest absolute Gasteiger partial charge is 0.308 e. The van der Waals surface area contributed by atoms with Crippen LogP contribution < -0.4 is 5.32 Å². The number of nitrogens with one attached hydrogen (secondary N) is 1. The zero-order valence-corrected chi connectivity index (χ0v) is 23.3. The maximum absolute atomic E-state index is 12.9. The zero-order chi connectivity index (χ0) is 28.2. The number of nitriles is 1. The Balaban J connectivity index is 2.31. The average Bonchev–Trinajstić information content (AvgIpc) is 3.35. The zero-order valence-electron chi connectivity index (χ0n) is 23.3. The monoisotopic (exact) mass is 530 g/mol. The molecule has 0 aromatic heterocycles. The number of carbonyl (C=O) groups is 3. The number of nitrogens with zero attached hydrogens (tertiary/aromatic N) is 1. The lowest BCUT2D eigenvalue weighted by Crippen LogP contribution is -2.39. The first kappa shape index (κ1) is 31.7. The minimum Gasteiger partial charge on any atom is -0.462 e. The molecular formula is C30H46N2O6. The van der Waals surface area contributed by atoms with Gasteiger partial charge in [0.05, 0.1) is 36.8 Å². The van der Waals surface area contributed by atoms with Gasteiger partial charge in [0.15, 0.2) is 0 Å². The summed E-state index contributed by atoms with van der Waals surface area (Å²) in [7, 11) is 0. The van der Waals surface area contributed by atoms with Gasteiger partial charge in [-0.05, 0) is 61.9 Å². The molecule has 1 heterocycles. The van der Waals surface area contributed by atoms with Crippen molar-refractivity contribution < 1.29 is 29.3 Å². The standard InChI is InChI=1S/C30H46N2O6/c1-19-14-20(2)16-22(4)29(36)23(18-31)8-5-6-11-27(38-28(35)17-26(34)21(3)15-19)24-9-7-10-25(24)30(37)32-12-13-33/h5-6,8,13,19-22,24-27,29,34,36H,7,9-12,14-17H2,1-4H3,(H,32,37)/b6-5+,23-8-/t19-,20+,21-,22-,24+,25+,26-,27-,29+/m0/s1. The fourth-order valence-corrected chi connectivity index (χ4v) is 6.26. The van der Waals surface area contributed by atoms with Gasteiger partial charge in [-0.15, -0.1) is 0 Å². The topological polar surface area (TPSA) is 137 Å². The van der Waals surface area contributed by atoms with E-state index in [9.17, 15) is 29.9 Å². The molecule has 1 aliphatic heterocycles. The molecule has 1 saturated carbocycles. The Labute approximate surface area is 227 Å². The van der Waals surface area contributed by atoms with E-state index in [1.165, 1.54) is 0 Å². The molecule has 2 rings (SSSR count). The van der Waals surface area contributed by atoms with E-state index in [1.54, 1.807) is 18.2 Å². The predicted octanol–water partition coefficient (Wildman–Crippen LogP) is 3.87. The van der Waals surface area contributed by atoms with Crippen molar-refractivity contribution in [3.05, 3.63) is 23.8 Å². The highest BCUT2D eigenvalue weighted by molar-refractivity contribution is 5.81. The normalized spacial score (nSPS) is 38.4. The Hall–Kier alpha value is -2.50. The van der Waals surface area contributed by atoms with Gasteiger partial charge in [-0.25, -0.2) is 0 Å². The minimum absolute atomic E-state index is 0.0594. The second-order valence-electron chi connectivity index (χ2n) is 11.6. The summed E-state index contributed by atoms with van der Waals surface area (Å²) in [5, 5.41) is 33.9. The number of hydrogen-bond donors (Lipinski definition) is 3. The Kier molecular flexibility index (Phi) is 13.2. The number of hydrogen-bond acceptors (Lipinski definition) is 7. The van der Waals surface area contributed by atoms with Crippen LogP contribution in [0.4, 0.5) is 0 Å². The lowest BCUT2D eigenvalue weighted by atomic mass is 9.82. The molecule has 9 atom stereocenters. The first-order valence-electron chi connectivity index (χ1n) is 14.1. The van der Waals surface area contributed by atoms with Gasteiger partial charge in [-0.1, -0.05) is 46.3 Å². The van der Waals surface area contributed by atoms with Gasteiger partial charge in [-0.2, -0.15) is 5.26 Å². The van der Waals surface area contributed by atoms with Gasteiger partial charge >= 0.3 is 5.97 Å². The number of aldehydes is 1. The second kappa shape index (κ2) is 15.8. The second-order valence-corrected chi connectivity index (χ2v) is 11.6. The number of allylic oxidation sites excluding steroid dienone is 2. The summed E-state index contributed by atoms with van der Waals surface area (Å²) >= 11 is 0. The van der Waals surface area contributed by atoms with Crippen molar-refractivity contribution in [3.8, 4) is 6.07 Å². The molecule has 3 N–H and O–H groups in total. The number of carbonyl (C=O) groups excluding carboxylic acids is 3. The minimum atomic E-state index is -0.878. The molecule has 212 valence electrons. The highest BCUT2D eigenvalue weighted by atomic mass is 16.5. The van der Waals surface area contributed by atoms with E-state index >= 15 is 0 Å². The number of ether oxygens (including phenoxy) is 1. The molecule has 0 bridgehead atoms. The number of esters is 1. The quantitative estimate of drug-likeness (QED) is 0.371. The summed E-state index contributed by atoms with van der Waals surface area (Å²) in [6.07, 6.45) is 8.25. The van der Waals surface area contributed by atoms with Crippen LogP contribution in [0, 0.1) is 46.8 Å². The molecule has 1 amide bonds. The van der Waals surface area contributed by atoms with Crippen molar-refractivity contribution in [2.45, 2.75) is 97.4 Å². The van der Waals surface area contributed by atoms with E-state index in [1.807, 2.05) is 13.8 Å². The van der Waals surface area contributed by atoms with Crippen LogP contribution >= 0.6 is 0 Å². The Morgan fingerprint density at radius 3 is 2.47 bits per heavy atom. The molecule has 0 saturated heterocycles. The van der Waals surface area contributed by atoms with Crippen molar-refractivity contribution >= 4 is 18.2 Å². The highest BCUT2D eigenvalue weighted by Crippen LogP contribution is 2.37. The maximum Gasteiger partial charge on any atom is 0.308 e. The summed E-state index contributed by atoms with van der Waals surface area (Å²) < 4.78 is 5.88. The Morgan fingerprint density at radius 2 is 1.82 bits per heavy atom. The van der Waals surface area contributed by atoms with Gasteiger partial charge in [0.2, 0.25) is 5.91 Å².